The number of nitrogens with zero attached hydrogens (tertiary/aromatic N) is 1. The Bertz CT molecular complexity index is 357. The smallest absolute Gasteiger partial charge is 0.133 e. The average Bonchev–Trinajstić information content (AvgIpc) is 3.16. The lowest BCUT2D eigenvalue weighted by Crippen LogP contribution is -2.27. The second-order valence-electron chi connectivity index (χ2n) is 5.10. The van der Waals surface area contributed by atoms with Gasteiger partial charge >= 0.3 is 0 Å². The van der Waals surface area contributed by atoms with Gasteiger partial charge in [0.1, 0.15) is 12.4 Å². The fourth-order valence-corrected chi connectivity index (χ4v) is 2.09. The van der Waals surface area contributed by atoms with Crippen LogP contribution in [0.2, 0.25) is 0 Å². The lowest BCUT2D eigenvalue weighted by molar-refractivity contribution is 0.0837. The highest BCUT2D eigenvalue weighted by molar-refractivity contribution is 5.16. The van der Waals surface area contributed by atoms with Crippen LogP contribution in [0.15, 0.2) is 16.7 Å². The predicted octanol–water partition coefficient (Wildman–Crippen LogP) is 2.39. The normalized spacial score (nSPS) is 15.3. The molecule has 1 N–H and O–H groups in total. The van der Waals surface area contributed by atoms with Gasteiger partial charge in [0.25, 0.3) is 0 Å². The van der Waals surface area contributed by atoms with Gasteiger partial charge in [0.15, 0.2) is 0 Å². The standard InChI is InChI=1S/C15H26N2O2/c1-3-17(4-2)8-10-18-12-15-13(7-9-19-15)11-16-14-5-6-14/h7,9,14,16H,3-6,8,10-12H2,1-2H3. The maximum atomic E-state index is 5.71. The van der Waals surface area contributed by atoms with E-state index in [0.717, 1.165) is 44.6 Å². The van der Waals surface area contributed by atoms with Gasteiger partial charge in [-0.2, -0.15) is 0 Å². The molecule has 1 aromatic heterocycles. The lowest BCUT2D eigenvalue weighted by atomic mass is 10.2. The fourth-order valence-electron chi connectivity index (χ4n) is 2.09. The number of furan rings is 1. The topological polar surface area (TPSA) is 37.6 Å². The molecule has 0 aromatic carbocycles. The highest BCUT2D eigenvalue weighted by atomic mass is 16.5. The molecule has 0 bridgehead atoms. The molecule has 0 radical (unpaired) electrons. The molecule has 4 heteroatoms. The largest absolute Gasteiger partial charge is 0.467 e. The molecule has 0 amide bonds. The summed E-state index contributed by atoms with van der Waals surface area (Å²) in [5, 5.41) is 3.50. The van der Waals surface area contributed by atoms with Gasteiger partial charge in [-0.1, -0.05) is 13.8 Å². The van der Waals surface area contributed by atoms with Crippen LogP contribution >= 0.6 is 0 Å². The molecule has 0 saturated heterocycles. The molecular formula is C15H26N2O2. The number of nitrogens with one attached hydrogen (secondary N) is 1. The summed E-state index contributed by atoms with van der Waals surface area (Å²) >= 11 is 0. The summed E-state index contributed by atoms with van der Waals surface area (Å²) in [6.07, 6.45) is 4.38. The fraction of sp³-hybridized carbons (Fsp3) is 0.733. The number of hydrogen-bond donors (Lipinski definition) is 1. The third-order valence-corrected chi connectivity index (χ3v) is 3.68. The van der Waals surface area contributed by atoms with Gasteiger partial charge < -0.3 is 19.4 Å². The SMILES string of the molecule is CCN(CC)CCOCc1occc1CNC1CC1. The molecule has 1 fully saturated rings. The van der Waals surface area contributed by atoms with Crippen molar-refractivity contribution in [2.75, 3.05) is 26.2 Å². The molecule has 19 heavy (non-hydrogen) atoms. The van der Waals surface area contributed by atoms with E-state index in [0.29, 0.717) is 6.61 Å². The van der Waals surface area contributed by atoms with Crippen molar-refractivity contribution in [3.8, 4) is 0 Å². The summed E-state index contributed by atoms with van der Waals surface area (Å²) in [5.74, 6) is 0.965. The second kappa shape index (κ2) is 7.68. The van der Waals surface area contributed by atoms with Crippen molar-refractivity contribution in [3.05, 3.63) is 23.7 Å². The molecule has 108 valence electrons. The zero-order valence-corrected chi connectivity index (χ0v) is 12.2. The molecule has 1 saturated carbocycles. The minimum Gasteiger partial charge on any atom is -0.467 e. The molecule has 0 atom stereocenters. The van der Waals surface area contributed by atoms with E-state index in [-0.39, 0.29) is 0 Å². The first-order valence-corrected chi connectivity index (χ1v) is 7.42. The Morgan fingerprint density at radius 1 is 1.37 bits per heavy atom. The Balaban J connectivity index is 1.65. The highest BCUT2D eigenvalue weighted by Crippen LogP contribution is 2.20. The number of rotatable bonds is 10. The van der Waals surface area contributed by atoms with Crippen LogP contribution in [-0.2, 0) is 17.9 Å². The first-order chi connectivity index (χ1) is 9.33. The van der Waals surface area contributed by atoms with E-state index in [1.54, 1.807) is 6.26 Å². The van der Waals surface area contributed by atoms with Crippen molar-refractivity contribution < 1.29 is 9.15 Å². The molecule has 4 nitrogen and oxygen atoms in total. The maximum Gasteiger partial charge on any atom is 0.133 e. The number of ether oxygens (including phenoxy) is 1. The third kappa shape index (κ3) is 4.97. The van der Waals surface area contributed by atoms with E-state index in [1.165, 1.54) is 18.4 Å². The second-order valence-corrected chi connectivity index (χ2v) is 5.10. The quantitative estimate of drug-likeness (QED) is 0.660. The highest BCUT2D eigenvalue weighted by Gasteiger charge is 2.20. The van der Waals surface area contributed by atoms with Crippen LogP contribution in [0.4, 0.5) is 0 Å². The molecule has 2 rings (SSSR count). The minimum atomic E-state index is 0.579. The van der Waals surface area contributed by atoms with E-state index in [9.17, 15) is 0 Å². The van der Waals surface area contributed by atoms with Gasteiger partial charge in [0, 0.05) is 24.7 Å². The van der Waals surface area contributed by atoms with Crippen LogP contribution in [0.25, 0.3) is 0 Å². The Hall–Kier alpha value is -0.840. The van der Waals surface area contributed by atoms with E-state index >= 15 is 0 Å². The van der Waals surface area contributed by atoms with Crippen molar-refractivity contribution in [2.24, 2.45) is 0 Å². The Kier molecular flexibility index (Phi) is 5.89. The Morgan fingerprint density at radius 2 is 2.16 bits per heavy atom. The number of likely N-dealkylation sites (N-methyl/N-ethyl adjacent to an activating group) is 1. The molecular weight excluding hydrogens is 240 g/mol. The van der Waals surface area contributed by atoms with E-state index < -0.39 is 0 Å². The van der Waals surface area contributed by atoms with Gasteiger partial charge in [0.05, 0.1) is 12.9 Å². The van der Waals surface area contributed by atoms with Crippen molar-refractivity contribution in [1.82, 2.24) is 10.2 Å². The summed E-state index contributed by atoms with van der Waals surface area (Å²) in [5.41, 5.74) is 1.23. The monoisotopic (exact) mass is 266 g/mol. The summed E-state index contributed by atoms with van der Waals surface area (Å²) in [4.78, 5) is 2.36. The minimum absolute atomic E-state index is 0.579. The molecule has 1 aromatic rings. The summed E-state index contributed by atoms with van der Waals surface area (Å²) in [7, 11) is 0. The third-order valence-electron chi connectivity index (χ3n) is 3.68. The zero-order chi connectivity index (χ0) is 13.5. The van der Waals surface area contributed by atoms with Crippen LogP contribution in [0, 0.1) is 0 Å². The molecule has 0 unspecified atom stereocenters. The lowest BCUT2D eigenvalue weighted by Gasteiger charge is -2.17. The molecule has 1 aliphatic carbocycles. The maximum absolute atomic E-state index is 5.71. The summed E-state index contributed by atoms with van der Waals surface area (Å²) in [6, 6.07) is 2.77. The van der Waals surface area contributed by atoms with E-state index in [2.05, 4.69) is 24.1 Å². The van der Waals surface area contributed by atoms with Gasteiger partial charge in [-0.3, -0.25) is 0 Å². The molecule has 1 aliphatic rings. The van der Waals surface area contributed by atoms with Gasteiger partial charge in [0.2, 0.25) is 0 Å². The molecule has 1 heterocycles. The first-order valence-electron chi connectivity index (χ1n) is 7.42. The Morgan fingerprint density at radius 3 is 2.84 bits per heavy atom. The Labute approximate surface area is 116 Å². The van der Waals surface area contributed by atoms with Crippen molar-refractivity contribution >= 4 is 0 Å². The van der Waals surface area contributed by atoms with Gasteiger partial charge in [-0.05, 0) is 32.0 Å². The van der Waals surface area contributed by atoms with Crippen LogP contribution in [0.5, 0.6) is 0 Å². The van der Waals surface area contributed by atoms with Gasteiger partial charge in [-0.15, -0.1) is 0 Å². The van der Waals surface area contributed by atoms with Crippen molar-refractivity contribution in [1.29, 1.82) is 0 Å². The van der Waals surface area contributed by atoms with Crippen molar-refractivity contribution in [2.45, 2.75) is 45.9 Å². The van der Waals surface area contributed by atoms with Crippen LogP contribution in [0.1, 0.15) is 38.0 Å². The van der Waals surface area contributed by atoms with Gasteiger partial charge in [-0.25, -0.2) is 0 Å². The summed E-state index contributed by atoms with van der Waals surface area (Å²) < 4.78 is 11.2. The summed E-state index contributed by atoms with van der Waals surface area (Å²) in [6.45, 7) is 9.75. The van der Waals surface area contributed by atoms with Crippen LogP contribution in [0.3, 0.4) is 0 Å². The van der Waals surface area contributed by atoms with Crippen LogP contribution in [-0.4, -0.2) is 37.2 Å². The molecule has 0 aliphatic heterocycles. The first kappa shape index (κ1) is 14.6. The average molecular weight is 266 g/mol. The van der Waals surface area contributed by atoms with E-state index in [1.807, 2.05) is 6.07 Å². The zero-order valence-electron chi connectivity index (χ0n) is 12.2. The van der Waals surface area contributed by atoms with Crippen molar-refractivity contribution in [3.63, 3.8) is 0 Å². The van der Waals surface area contributed by atoms with E-state index in [4.69, 9.17) is 9.15 Å². The predicted molar refractivity (Wildman–Crippen MR) is 76.0 cm³/mol. The number of hydrogen-bond acceptors (Lipinski definition) is 4. The van der Waals surface area contributed by atoms with Crippen LogP contribution < -0.4 is 5.32 Å². The molecule has 0 spiro atoms.